The molecule has 30 heavy (non-hydrogen) atoms. The summed E-state index contributed by atoms with van der Waals surface area (Å²) < 4.78 is 42.3. The van der Waals surface area contributed by atoms with Crippen LogP contribution in [0, 0.1) is 0 Å². The highest BCUT2D eigenvalue weighted by Crippen LogP contribution is 2.24. The van der Waals surface area contributed by atoms with Crippen molar-refractivity contribution in [2.45, 2.75) is 19.3 Å². The molecule has 0 spiro atoms. The molecule has 0 fully saturated rings. The van der Waals surface area contributed by atoms with Crippen LogP contribution in [-0.4, -0.2) is 41.2 Å². The number of halogens is 3. The minimum absolute atomic E-state index is 0.175. The van der Waals surface area contributed by atoms with Gasteiger partial charge in [-0.2, -0.15) is 0 Å². The van der Waals surface area contributed by atoms with E-state index >= 15 is 0 Å². The summed E-state index contributed by atoms with van der Waals surface area (Å²) >= 11 is 0. The minimum atomic E-state index is -4.78. The van der Waals surface area contributed by atoms with E-state index in [9.17, 15) is 22.8 Å². The molecule has 1 aromatic heterocycles. The first-order valence-electron chi connectivity index (χ1n) is 9.15. The first kappa shape index (κ1) is 21.2. The van der Waals surface area contributed by atoms with Crippen molar-refractivity contribution in [3.63, 3.8) is 0 Å². The van der Waals surface area contributed by atoms with Crippen LogP contribution in [0.4, 0.5) is 18.9 Å². The summed E-state index contributed by atoms with van der Waals surface area (Å²) in [6.07, 6.45) is -2.64. The number of alkyl halides is 3. The van der Waals surface area contributed by atoms with Crippen molar-refractivity contribution < 1.29 is 27.5 Å². The zero-order chi connectivity index (χ0) is 21.7. The second kappa shape index (κ2) is 8.89. The molecule has 0 saturated heterocycles. The third kappa shape index (κ3) is 5.76. The fourth-order valence-electron chi connectivity index (χ4n) is 2.99. The van der Waals surface area contributed by atoms with Crippen LogP contribution in [0.15, 0.2) is 60.8 Å². The molecule has 0 aliphatic heterocycles. The molecule has 0 aliphatic carbocycles. The number of para-hydroxylation sites is 1. The van der Waals surface area contributed by atoms with E-state index in [4.69, 9.17) is 0 Å². The molecule has 0 unspecified atom stereocenters. The number of aromatic nitrogens is 1. The van der Waals surface area contributed by atoms with E-state index in [-0.39, 0.29) is 24.6 Å². The van der Waals surface area contributed by atoms with Crippen molar-refractivity contribution in [1.82, 2.24) is 9.47 Å². The smallest absolute Gasteiger partial charge is 0.406 e. The number of fused-ring (bicyclic) bond motifs is 1. The number of hydrogen-bond donors (Lipinski definition) is 1. The van der Waals surface area contributed by atoms with E-state index in [0.29, 0.717) is 12.2 Å². The second-order valence-corrected chi connectivity index (χ2v) is 6.69. The molecule has 9 heteroatoms. The number of amides is 2. The molecule has 1 N–H and O–H groups in total. The third-order valence-corrected chi connectivity index (χ3v) is 4.42. The van der Waals surface area contributed by atoms with Crippen LogP contribution < -0.4 is 10.1 Å². The predicted octanol–water partition coefficient (Wildman–Crippen LogP) is 4.03. The van der Waals surface area contributed by atoms with E-state index in [2.05, 4.69) is 10.1 Å². The summed E-state index contributed by atoms with van der Waals surface area (Å²) in [6, 6.07) is 14.6. The molecule has 0 aliphatic rings. The number of nitrogens with one attached hydrogen (secondary N) is 1. The number of likely N-dealkylation sites (N-methyl/N-ethyl adjacent to an activating group) is 1. The highest BCUT2D eigenvalue weighted by molar-refractivity contribution is 5.94. The SMILES string of the molecule is CN(CC(=O)Nc1ccc(OC(F)(F)F)cc1)C(=O)CCn1ccc2ccccc21. The van der Waals surface area contributed by atoms with E-state index in [1.165, 1.54) is 24.1 Å². The van der Waals surface area contributed by atoms with Crippen LogP contribution in [0.1, 0.15) is 6.42 Å². The molecule has 6 nitrogen and oxygen atoms in total. The Morgan fingerprint density at radius 1 is 1.07 bits per heavy atom. The summed E-state index contributed by atoms with van der Waals surface area (Å²) in [7, 11) is 1.52. The van der Waals surface area contributed by atoms with Gasteiger partial charge in [-0.25, -0.2) is 0 Å². The quantitative estimate of drug-likeness (QED) is 0.629. The Kier molecular flexibility index (Phi) is 6.29. The van der Waals surface area contributed by atoms with Gasteiger partial charge in [0.2, 0.25) is 11.8 Å². The molecule has 2 amide bonds. The topological polar surface area (TPSA) is 63.6 Å². The molecular weight excluding hydrogens is 399 g/mol. The van der Waals surface area contributed by atoms with Gasteiger partial charge in [-0.3, -0.25) is 9.59 Å². The van der Waals surface area contributed by atoms with Crippen LogP contribution in [0.5, 0.6) is 5.75 Å². The van der Waals surface area contributed by atoms with Crippen LogP contribution in [0.3, 0.4) is 0 Å². The van der Waals surface area contributed by atoms with E-state index < -0.39 is 12.3 Å². The zero-order valence-electron chi connectivity index (χ0n) is 16.1. The number of carbonyl (C=O) groups excluding carboxylic acids is 2. The van der Waals surface area contributed by atoms with Crippen molar-refractivity contribution in [1.29, 1.82) is 0 Å². The van der Waals surface area contributed by atoms with Gasteiger partial charge >= 0.3 is 6.36 Å². The van der Waals surface area contributed by atoms with Gasteiger partial charge in [-0.1, -0.05) is 18.2 Å². The maximum absolute atomic E-state index is 12.3. The lowest BCUT2D eigenvalue weighted by molar-refractivity contribution is -0.274. The van der Waals surface area contributed by atoms with Crippen molar-refractivity contribution >= 4 is 28.4 Å². The molecule has 3 rings (SSSR count). The summed E-state index contributed by atoms with van der Waals surface area (Å²) in [6.45, 7) is 0.311. The van der Waals surface area contributed by atoms with E-state index in [0.717, 1.165) is 23.0 Å². The summed E-state index contributed by atoms with van der Waals surface area (Å²) in [5.74, 6) is -1.04. The Bertz CT molecular complexity index is 1030. The van der Waals surface area contributed by atoms with Gasteiger partial charge in [0.1, 0.15) is 5.75 Å². The lowest BCUT2D eigenvalue weighted by Crippen LogP contribution is -2.35. The maximum atomic E-state index is 12.3. The van der Waals surface area contributed by atoms with Crippen molar-refractivity contribution in [3.05, 3.63) is 60.8 Å². The van der Waals surface area contributed by atoms with Crippen molar-refractivity contribution in [2.75, 3.05) is 18.9 Å². The Hall–Kier alpha value is -3.49. The third-order valence-electron chi connectivity index (χ3n) is 4.42. The Balaban J connectivity index is 1.48. The molecular formula is C21H20F3N3O3. The molecule has 158 valence electrons. The largest absolute Gasteiger partial charge is 0.573 e. The van der Waals surface area contributed by atoms with Gasteiger partial charge in [0, 0.05) is 37.4 Å². The van der Waals surface area contributed by atoms with Crippen molar-refractivity contribution in [3.8, 4) is 5.75 Å². The summed E-state index contributed by atoms with van der Waals surface area (Å²) in [5, 5.41) is 3.62. The van der Waals surface area contributed by atoms with E-state index in [1.807, 2.05) is 41.1 Å². The zero-order valence-corrected chi connectivity index (χ0v) is 16.1. The number of carbonyl (C=O) groups is 2. The van der Waals surface area contributed by atoms with Gasteiger partial charge < -0.3 is 19.5 Å². The van der Waals surface area contributed by atoms with Gasteiger partial charge in [0.15, 0.2) is 0 Å². The number of anilines is 1. The number of nitrogens with zero attached hydrogens (tertiary/aromatic N) is 2. The standard InChI is InChI=1S/C21H20F3N3O3/c1-26(20(29)11-13-27-12-10-15-4-2-3-5-18(15)27)14-19(28)25-16-6-8-17(9-7-16)30-21(22,23)24/h2-10,12H,11,13-14H2,1H3,(H,25,28). The Morgan fingerprint density at radius 3 is 2.47 bits per heavy atom. The lowest BCUT2D eigenvalue weighted by atomic mass is 10.2. The fourth-order valence-corrected chi connectivity index (χ4v) is 2.99. The van der Waals surface area contributed by atoms with E-state index in [1.54, 1.807) is 0 Å². The first-order valence-corrected chi connectivity index (χ1v) is 9.15. The molecule has 3 aromatic rings. The number of rotatable bonds is 7. The van der Waals surface area contributed by atoms with Gasteiger partial charge in [0.25, 0.3) is 0 Å². The van der Waals surface area contributed by atoms with Crippen LogP contribution in [-0.2, 0) is 16.1 Å². The van der Waals surface area contributed by atoms with Crippen molar-refractivity contribution in [2.24, 2.45) is 0 Å². The average Bonchev–Trinajstić information content (AvgIpc) is 3.09. The van der Waals surface area contributed by atoms with Crippen LogP contribution >= 0.6 is 0 Å². The first-order chi connectivity index (χ1) is 14.2. The lowest BCUT2D eigenvalue weighted by Gasteiger charge is -2.17. The van der Waals surface area contributed by atoms with Gasteiger partial charge in [-0.15, -0.1) is 13.2 Å². The molecule has 0 bridgehead atoms. The molecule has 2 aromatic carbocycles. The second-order valence-electron chi connectivity index (χ2n) is 6.69. The highest BCUT2D eigenvalue weighted by atomic mass is 19.4. The number of ether oxygens (including phenoxy) is 1. The Morgan fingerprint density at radius 2 is 1.77 bits per heavy atom. The minimum Gasteiger partial charge on any atom is -0.406 e. The van der Waals surface area contributed by atoms with Crippen LogP contribution in [0.2, 0.25) is 0 Å². The number of hydrogen-bond acceptors (Lipinski definition) is 3. The maximum Gasteiger partial charge on any atom is 0.573 e. The number of aryl methyl sites for hydroxylation is 1. The van der Waals surface area contributed by atoms with Crippen LogP contribution in [0.25, 0.3) is 10.9 Å². The van der Waals surface area contributed by atoms with Gasteiger partial charge in [0.05, 0.1) is 6.54 Å². The molecule has 0 saturated carbocycles. The fraction of sp³-hybridized carbons (Fsp3) is 0.238. The Labute approximate surface area is 170 Å². The molecule has 0 atom stereocenters. The molecule has 1 heterocycles. The number of benzene rings is 2. The monoisotopic (exact) mass is 419 g/mol. The highest BCUT2D eigenvalue weighted by Gasteiger charge is 2.31. The normalized spacial score (nSPS) is 11.3. The average molecular weight is 419 g/mol. The molecule has 0 radical (unpaired) electrons. The predicted molar refractivity (Wildman–Crippen MR) is 106 cm³/mol. The van der Waals surface area contributed by atoms with Gasteiger partial charge in [-0.05, 0) is 41.8 Å². The summed E-state index contributed by atoms with van der Waals surface area (Å²) in [5.41, 5.74) is 1.33. The summed E-state index contributed by atoms with van der Waals surface area (Å²) in [4.78, 5) is 25.8.